The molecule has 0 aliphatic rings. The third-order valence-corrected chi connectivity index (χ3v) is 3.57. The van der Waals surface area contributed by atoms with Crippen molar-refractivity contribution in [1.82, 2.24) is 9.97 Å². The second-order valence-corrected chi connectivity index (χ2v) is 4.33. The highest BCUT2D eigenvalue weighted by Crippen LogP contribution is 2.32. The number of carboxylic acid groups (broad SMARTS) is 1. The summed E-state index contributed by atoms with van der Waals surface area (Å²) in [5, 5.41) is 11.0. The summed E-state index contributed by atoms with van der Waals surface area (Å²) in [6, 6.07) is 0. The molecular formula is C9H7ClN2O2S. The Hall–Kier alpha value is -1.20. The predicted octanol–water partition coefficient (Wildman–Crippen LogP) is 2.53. The molecule has 15 heavy (non-hydrogen) atoms. The molecule has 0 fully saturated rings. The Morgan fingerprint density at radius 3 is 3.00 bits per heavy atom. The smallest absolute Gasteiger partial charge is 0.310 e. The first kappa shape index (κ1) is 10.3. The van der Waals surface area contributed by atoms with Crippen molar-refractivity contribution >= 4 is 39.1 Å². The number of hydrogen-bond donors (Lipinski definition) is 1. The molecule has 0 saturated carbocycles. The number of carboxylic acids is 1. The van der Waals surface area contributed by atoms with Crippen LogP contribution in [0.15, 0.2) is 11.7 Å². The zero-order valence-electron chi connectivity index (χ0n) is 7.77. The van der Waals surface area contributed by atoms with Gasteiger partial charge in [0.1, 0.15) is 11.5 Å². The van der Waals surface area contributed by atoms with E-state index in [1.807, 2.05) is 0 Å². The number of halogens is 1. The highest BCUT2D eigenvalue weighted by molar-refractivity contribution is 7.18. The van der Waals surface area contributed by atoms with Gasteiger partial charge in [0.05, 0.1) is 16.1 Å². The van der Waals surface area contributed by atoms with E-state index in [1.54, 1.807) is 12.3 Å². The number of thiophene rings is 1. The lowest BCUT2D eigenvalue weighted by atomic mass is 10.0. The van der Waals surface area contributed by atoms with Crippen molar-refractivity contribution in [2.24, 2.45) is 0 Å². The second kappa shape index (κ2) is 3.75. The van der Waals surface area contributed by atoms with E-state index in [9.17, 15) is 4.79 Å². The largest absolute Gasteiger partial charge is 0.481 e. The van der Waals surface area contributed by atoms with Crippen molar-refractivity contribution < 1.29 is 9.90 Å². The molecule has 0 saturated heterocycles. The third-order valence-electron chi connectivity index (χ3n) is 2.17. The number of carbonyl (C=O) groups is 1. The average molecular weight is 243 g/mol. The van der Waals surface area contributed by atoms with E-state index in [2.05, 4.69) is 9.97 Å². The minimum absolute atomic E-state index is 0.369. The van der Waals surface area contributed by atoms with Gasteiger partial charge in [0.15, 0.2) is 0 Å². The Labute approximate surface area is 94.5 Å². The highest BCUT2D eigenvalue weighted by Gasteiger charge is 2.19. The standard InChI is InChI=1S/C9H7ClN2O2S/c1-4(9(13)14)5-2-15-7-6(5)11-3-12-8(7)10/h2-4H,1H3,(H,13,14). The van der Waals surface area contributed by atoms with Crippen LogP contribution in [0, 0.1) is 0 Å². The molecule has 1 unspecified atom stereocenters. The summed E-state index contributed by atoms with van der Waals surface area (Å²) in [4.78, 5) is 18.8. The minimum Gasteiger partial charge on any atom is -0.481 e. The fourth-order valence-electron chi connectivity index (χ4n) is 1.28. The number of fused-ring (bicyclic) bond motifs is 1. The van der Waals surface area contributed by atoms with Crippen LogP contribution in [0.1, 0.15) is 18.4 Å². The molecule has 0 bridgehead atoms. The summed E-state index contributed by atoms with van der Waals surface area (Å²) in [6.45, 7) is 1.62. The van der Waals surface area contributed by atoms with Crippen molar-refractivity contribution in [2.75, 3.05) is 0 Å². The molecule has 0 aromatic carbocycles. The molecule has 2 aromatic rings. The van der Waals surface area contributed by atoms with Crippen LogP contribution in [0.5, 0.6) is 0 Å². The van der Waals surface area contributed by atoms with Crippen LogP contribution >= 0.6 is 22.9 Å². The van der Waals surface area contributed by atoms with Gasteiger partial charge < -0.3 is 5.11 Å². The van der Waals surface area contributed by atoms with Gasteiger partial charge in [-0.3, -0.25) is 4.79 Å². The molecule has 0 aliphatic carbocycles. The third kappa shape index (κ3) is 1.68. The Morgan fingerprint density at radius 2 is 2.33 bits per heavy atom. The Morgan fingerprint density at radius 1 is 1.60 bits per heavy atom. The molecular weight excluding hydrogens is 236 g/mol. The van der Waals surface area contributed by atoms with Crippen molar-refractivity contribution in [3.63, 3.8) is 0 Å². The minimum atomic E-state index is -0.871. The van der Waals surface area contributed by atoms with Gasteiger partial charge in [-0.05, 0) is 12.3 Å². The van der Waals surface area contributed by atoms with Gasteiger partial charge in [0.2, 0.25) is 0 Å². The van der Waals surface area contributed by atoms with Crippen molar-refractivity contribution in [3.05, 3.63) is 22.4 Å². The van der Waals surface area contributed by atoms with Crippen LogP contribution in [0.3, 0.4) is 0 Å². The molecule has 6 heteroatoms. The highest BCUT2D eigenvalue weighted by atomic mass is 35.5. The lowest BCUT2D eigenvalue weighted by Gasteiger charge is -2.03. The van der Waals surface area contributed by atoms with Crippen molar-refractivity contribution in [2.45, 2.75) is 12.8 Å². The van der Waals surface area contributed by atoms with Crippen LogP contribution in [-0.4, -0.2) is 21.0 Å². The fourth-order valence-corrected chi connectivity index (χ4v) is 2.54. The van der Waals surface area contributed by atoms with Crippen molar-refractivity contribution in [3.8, 4) is 0 Å². The first-order valence-corrected chi connectivity index (χ1v) is 5.47. The summed E-state index contributed by atoms with van der Waals surface area (Å²) in [5.74, 6) is -1.45. The molecule has 1 atom stereocenters. The molecule has 0 aliphatic heterocycles. The van der Waals surface area contributed by atoms with E-state index in [4.69, 9.17) is 16.7 Å². The summed E-state index contributed by atoms with van der Waals surface area (Å²) in [7, 11) is 0. The maximum absolute atomic E-state index is 10.9. The first-order chi connectivity index (χ1) is 7.11. The first-order valence-electron chi connectivity index (χ1n) is 4.21. The summed E-state index contributed by atoms with van der Waals surface area (Å²) < 4.78 is 0.738. The molecule has 78 valence electrons. The molecule has 2 aromatic heterocycles. The zero-order chi connectivity index (χ0) is 11.0. The summed E-state index contributed by atoms with van der Waals surface area (Å²) >= 11 is 7.23. The van der Waals surface area contributed by atoms with Gasteiger partial charge in [0, 0.05) is 5.56 Å². The number of aliphatic carboxylic acids is 1. The second-order valence-electron chi connectivity index (χ2n) is 3.09. The summed E-state index contributed by atoms with van der Waals surface area (Å²) in [6.07, 6.45) is 1.34. The summed E-state index contributed by atoms with van der Waals surface area (Å²) in [5.41, 5.74) is 1.32. The average Bonchev–Trinajstić information content (AvgIpc) is 2.61. The van der Waals surface area contributed by atoms with Crippen LogP contribution in [-0.2, 0) is 4.79 Å². The lowest BCUT2D eigenvalue weighted by Crippen LogP contribution is -2.06. The van der Waals surface area contributed by atoms with Crippen LogP contribution in [0.2, 0.25) is 5.15 Å². The maximum atomic E-state index is 10.9. The van der Waals surface area contributed by atoms with Gasteiger partial charge in [-0.1, -0.05) is 11.6 Å². The molecule has 0 amide bonds. The van der Waals surface area contributed by atoms with E-state index in [1.165, 1.54) is 17.7 Å². The molecule has 4 nitrogen and oxygen atoms in total. The Bertz CT molecular complexity index is 526. The van der Waals surface area contributed by atoms with Crippen LogP contribution in [0.25, 0.3) is 10.2 Å². The zero-order valence-corrected chi connectivity index (χ0v) is 9.34. The van der Waals surface area contributed by atoms with Crippen molar-refractivity contribution in [1.29, 1.82) is 0 Å². The topological polar surface area (TPSA) is 63.1 Å². The van der Waals surface area contributed by atoms with Gasteiger partial charge in [-0.15, -0.1) is 11.3 Å². The van der Waals surface area contributed by atoms with E-state index < -0.39 is 11.9 Å². The quantitative estimate of drug-likeness (QED) is 0.822. The SMILES string of the molecule is CC(C(=O)O)c1csc2c(Cl)ncnc12. The number of aromatic nitrogens is 2. The molecule has 0 spiro atoms. The molecule has 0 radical (unpaired) electrons. The number of nitrogens with zero attached hydrogens (tertiary/aromatic N) is 2. The van der Waals surface area contributed by atoms with Gasteiger partial charge in [-0.2, -0.15) is 0 Å². The Kier molecular flexibility index (Phi) is 2.58. The van der Waals surface area contributed by atoms with E-state index in [0.29, 0.717) is 16.2 Å². The number of rotatable bonds is 2. The Balaban J connectivity index is 2.64. The molecule has 1 N–H and O–H groups in total. The van der Waals surface area contributed by atoms with E-state index in [-0.39, 0.29) is 0 Å². The van der Waals surface area contributed by atoms with Gasteiger partial charge in [-0.25, -0.2) is 9.97 Å². The molecule has 2 rings (SSSR count). The number of hydrogen-bond acceptors (Lipinski definition) is 4. The molecule has 2 heterocycles. The van der Waals surface area contributed by atoms with Crippen LogP contribution in [0.4, 0.5) is 0 Å². The normalized spacial score (nSPS) is 12.9. The van der Waals surface area contributed by atoms with Gasteiger partial charge >= 0.3 is 5.97 Å². The van der Waals surface area contributed by atoms with Gasteiger partial charge in [0.25, 0.3) is 0 Å². The monoisotopic (exact) mass is 242 g/mol. The van der Waals surface area contributed by atoms with Crippen LogP contribution < -0.4 is 0 Å². The lowest BCUT2D eigenvalue weighted by molar-refractivity contribution is -0.138. The van der Waals surface area contributed by atoms with E-state index >= 15 is 0 Å². The predicted molar refractivity (Wildman–Crippen MR) is 58.5 cm³/mol. The van der Waals surface area contributed by atoms with E-state index in [0.717, 1.165) is 4.70 Å². The fraction of sp³-hybridized carbons (Fsp3) is 0.222. The maximum Gasteiger partial charge on any atom is 0.310 e.